The zero-order valence-corrected chi connectivity index (χ0v) is 26.7. The zero-order valence-electron chi connectivity index (χ0n) is 22.7. The fourth-order valence-electron chi connectivity index (χ4n) is 8.57. The summed E-state index contributed by atoms with van der Waals surface area (Å²) in [4.78, 5) is 0. The number of hydrogen-bond acceptors (Lipinski definition) is 0. The topological polar surface area (TPSA) is 0 Å². The van der Waals surface area contributed by atoms with Crippen molar-refractivity contribution < 1.29 is 49.0 Å². The summed E-state index contributed by atoms with van der Waals surface area (Å²) < 4.78 is 1.80. The Morgan fingerprint density at radius 3 is 2.03 bits per heavy atom. The van der Waals surface area contributed by atoms with Crippen molar-refractivity contribution in [2.75, 3.05) is 0 Å². The summed E-state index contributed by atoms with van der Waals surface area (Å²) in [5.41, 5.74) is 6.46. The Morgan fingerprint density at radius 2 is 1.45 bits per heavy atom. The van der Waals surface area contributed by atoms with Crippen LogP contribution in [0.1, 0.15) is 88.7 Å². The molecular weight excluding hydrogens is 583 g/mol. The largest absolute Gasteiger partial charge is 0.179 e. The van der Waals surface area contributed by atoms with Gasteiger partial charge in [-0.15, -0.1) is 5.56 Å². The van der Waals surface area contributed by atoms with Crippen molar-refractivity contribution in [1.29, 1.82) is 0 Å². The van der Waals surface area contributed by atoms with Gasteiger partial charge in [0.25, 0.3) is 0 Å². The van der Waals surface area contributed by atoms with Crippen molar-refractivity contribution in [3.8, 4) is 11.1 Å². The van der Waals surface area contributed by atoms with Gasteiger partial charge in [0.15, 0.2) is 0 Å². The smallest absolute Gasteiger partial charge is 0.0253 e. The molecule has 9 rings (SSSR count). The molecule has 4 bridgehead atoms. The van der Waals surface area contributed by atoms with Gasteiger partial charge in [-0.2, -0.15) is 35.9 Å². The van der Waals surface area contributed by atoms with E-state index in [2.05, 4.69) is 73.7 Å². The first-order valence-electron chi connectivity index (χ1n) is 14.5. The Kier molecular flexibility index (Phi) is 10.2. The molecule has 0 saturated heterocycles. The van der Waals surface area contributed by atoms with Crippen LogP contribution in [0.3, 0.4) is 0 Å². The van der Waals surface area contributed by atoms with Gasteiger partial charge in [0.05, 0.1) is 0 Å². The minimum absolute atomic E-state index is 0. The summed E-state index contributed by atoms with van der Waals surface area (Å²) >= 11 is 1.69. The maximum absolute atomic E-state index is 3.33. The molecule has 0 spiro atoms. The van der Waals surface area contributed by atoms with Gasteiger partial charge in [0.2, 0.25) is 0 Å². The van der Waals surface area contributed by atoms with Crippen molar-refractivity contribution in [2.45, 2.75) is 84.0 Å². The van der Waals surface area contributed by atoms with Crippen LogP contribution < -0.4 is 24.8 Å². The second kappa shape index (κ2) is 12.8. The Hall–Kier alpha value is -0.747. The fraction of sp³-hybridized carbons (Fsp3) is 0.514. The van der Waals surface area contributed by atoms with Gasteiger partial charge in [-0.1, -0.05) is 47.7 Å². The Bertz CT molecular complexity index is 1080. The molecule has 2 aromatic rings. The van der Waals surface area contributed by atoms with Gasteiger partial charge < -0.3 is 24.8 Å². The molecular formula is C35H40Cl2Zr-2. The average Bonchev–Trinajstić information content (AvgIpc) is 3.49. The van der Waals surface area contributed by atoms with E-state index in [0.29, 0.717) is 10.8 Å². The second-order valence-electron chi connectivity index (χ2n) is 12.7. The summed E-state index contributed by atoms with van der Waals surface area (Å²) in [6, 6.07) is 18.1. The average molecular weight is 623 g/mol. The van der Waals surface area contributed by atoms with E-state index in [4.69, 9.17) is 0 Å². The van der Waals surface area contributed by atoms with Crippen LogP contribution in [0.4, 0.5) is 0 Å². The van der Waals surface area contributed by atoms with E-state index >= 15 is 0 Å². The van der Waals surface area contributed by atoms with Crippen LogP contribution in [-0.2, 0) is 30.7 Å². The molecule has 1 atom stereocenters. The van der Waals surface area contributed by atoms with E-state index in [1.807, 2.05) is 6.07 Å². The first-order valence-corrected chi connectivity index (χ1v) is 15.7. The van der Waals surface area contributed by atoms with E-state index in [1.54, 1.807) is 46.7 Å². The van der Waals surface area contributed by atoms with Crippen LogP contribution in [0.2, 0.25) is 0 Å². The van der Waals surface area contributed by atoms with Crippen molar-refractivity contribution in [3.63, 3.8) is 0 Å². The van der Waals surface area contributed by atoms with E-state index in [-0.39, 0.29) is 24.8 Å². The molecule has 2 aromatic carbocycles. The molecule has 3 heteroatoms. The van der Waals surface area contributed by atoms with Gasteiger partial charge >= 0.3 is 59.5 Å². The molecule has 1 unspecified atom stereocenters. The van der Waals surface area contributed by atoms with E-state index in [1.165, 1.54) is 73.6 Å². The van der Waals surface area contributed by atoms with E-state index in [0.717, 1.165) is 24.2 Å². The maximum Gasteiger partial charge on any atom is -0.0253 e. The summed E-state index contributed by atoms with van der Waals surface area (Å²) in [5, 5.41) is 0. The predicted molar refractivity (Wildman–Crippen MR) is 147 cm³/mol. The van der Waals surface area contributed by atoms with Crippen molar-refractivity contribution in [2.24, 2.45) is 28.6 Å². The molecule has 7 aliphatic rings. The summed E-state index contributed by atoms with van der Waals surface area (Å²) in [6.07, 6.45) is 27.8. The quantitative estimate of drug-likeness (QED) is 0.367. The van der Waals surface area contributed by atoms with Gasteiger partial charge in [0, 0.05) is 0 Å². The molecule has 0 heterocycles. The first-order chi connectivity index (χ1) is 17.5. The van der Waals surface area contributed by atoms with Crippen LogP contribution in [-0.4, -0.2) is 3.21 Å². The number of allylic oxidation sites excluding steroid dienone is 4. The molecule has 0 N–H and O–H groups in total. The molecule has 7 aliphatic carbocycles. The summed E-state index contributed by atoms with van der Waals surface area (Å²) in [5.74, 6) is 3.18. The van der Waals surface area contributed by atoms with Crippen LogP contribution in [0.5, 0.6) is 0 Å². The van der Waals surface area contributed by atoms with Crippen LogP contribution in [0.25, 0.3) is 11.1 Å². The first kappa shape index (κ1) is 30.2. The fourth-order valence-corrected chi connectivity index (χ4v) is 9.44. The van der Waals surface area contributed by atoms with Crippen LogP contribution in [0.15, 0.2) is 60.7 Å². The van der Waals surface area contributed by atoms with Gasteiger partial charge in [-0.3, -0.25) is 6.08 Å². The SMILES string of the molecule is CC1(C23CC4CC(CC(C4)C2)C3)C=[C-]C=C1.[Cl-].[Cl-].[Zr+2]=[C]1CCCCC1.[c-]1cccc2c1Cc1ccccc1-2. The third-order valence-electron chi connectivity index (χ3n) is 10.2. The number of halogens is 2. The standard InChI is InChI=1S/C16H21.C13H9.C6H10.2ClH.Zr/c1-15(4-2-3-5-15)16-9-12-6-13(10-16)8-14(7-12)11-16;1-3-7-12-10(5-1)9-11-6-2-4-8-13(11)12;1-2-4-6-5-3-1;;;/h2,4-5,12-14H,6-11H2,1H3;1-5,7-8H,9H2;1-5H2;2*1H;/q2*-1;;;;+2/p-2. The molecule has 200 valence electrons. The molecule has 0 aliphatic heterocycles. The van der Waals surface area contributed by atoms with Crippen molar-refractivity contribution in [3.05, 3.63) is 84.0 Å². The molecule has 0 radical (unpaired) electrons. The third-order valence-corrected chi connectivity index (χ3v) is 11.4. The minimum atomic E-state index is 0. The van der Waals surface area contributed by atoms with Gasteiger partial charge in [-0.25, -0.2) is 12.2 Å². The Balaban J connectivity index is 0.000000139. The van der Waals surface area contributed by atoms with E-state index in [9.17, 15) is 0 Å². The molecule has 0 amide bonds. The number of rotatable bonds is 1. The predicted octanol–water partition coefficient (Wildman–Crippen LogP) is 2.87. The third kappa shape index (κ3) is 6.11. The van der Waals surface area contributed by atoms with E-state index < -0.39 is 0 Å². The Labute approximate surface area is 258 Å². The molecule has 38 heavy (non-hydrogen) atoms. The molecule has 0 nitrogen and oxygen atoms in total. The number of hydrogen-bond donors (Lipinski definition) is 0. The summed E-state index contributed by atoms with van der Waals surface area (Å²) in [6.45, 7) is 2.46. The molecule has 0 aromatic heterocycles. The van der Waals surface area contributed by atoms with Crippen molar-refractivity contribution in [1.82, 2.24) is 0 Å². The van der Waals surface area contributed by atoms with Crippen LogP contribution >= 0.6 is 0 Å². The second-order valence-corrected chi connectivity index (χ2v) is 14.4. The molecule has 5 saturated carbocycles. The minimum Gasteiger partial charge on any atom is -0.179 e. The van der Waals surface area contributed by atoms with Gasteiger partial charge in [0.1, 0.15) is 0 Å². The normalized spacial score (nSPS) is 32.6. The van der Waals surface area contributed by atoms with Crippen molar-refractivity contribution >= 4 is 3.21 Å². The maximum atomic E-state index is 3.33. The van der Waals surface area contributed by atoms with Crippen LogP contribution in [0, 0.1) is 40.7 Å². The number of fused-ring (bicyclic) bond motifs is 3. The number of benzene rings is 2. The monoisotopic (exact) mass is 620 g/mol. The zero-order chi connectivity index (χ0) is 24.6. The summed E-state index contributed by atoms with van der Waals surface area (Å²) in [7, 11) is 0. The molecule has 5 fully saturated rings. The Morgan fingerprint density at radius 1 is 0.816 bits per heavy atom. The van der Waals surface area contributed by atoms with Gasteiger partial charge in [-0.05, 0) is 68.1 Å².